The Balaban J connectivity index is 1.80. The van der Waals surface area contributed by atoms with Gasteiger partial charge in [0.1, 0.15) is 5.75 Å². The van der Waals surface area contributed by atoms with Crippen LogP contribution in [0.25, 0.3) is 0 Å². The maximum atomic E-state index is 5.36. The zero-order valence-corrected chi connectivity index (χ0v) is 12.9. The summed E-state index contributed by atoms with van der Waals surface area (Å²) in [6.45, 7) is 2.49. The second kappa shape index (κ2) is 5.40. The lowest BCUT2D eigenvalue weighted by Gasteiger charge is -2.32. The molecule has 1 fully saturated rings. The summed E-state index contributed by atoms with van der Waals surface area (Å²) in [6.07, 6.45) is 9.84. The topological polar surface area (TPSA) is 9.23 Å². The van der Waals surface area contributed by atoms with Gasteiger partial charge in [0.25, 0.3) is 0 Å². The van der Waals surface area contributed by atoms with Gasteiger partial charge in [-0.3, -0.25) is 0 Å². The summed E-state index contributed by atoms with van der Waals surface area (Å²) in [5.41, 5.74) is 1.53. The molecule has 1 aromatic carbocycles. The molecule has 2 heteroatoms. The van der Waals surface area contributed by atoms with Crippen molar-refractivity contribution in [1.29, 1.82) is 0 Å². The van der Waals surface area contributed by atoms with Gasteiger partial charge in [-0.15, -0.1) is 11.8 Å². The Kier molecular flexibility index (Phi) is 3.79. The number of hydrogen-bond acceptors (Lipinski definition) is 2. The monoisotopic (exact) mass is 276 g/mol. The third-order valence-electron chi connectivity index (χ3n) is 4.88. The van der Waals surface area contributed by atoms with E-state index < -0.39 is 0 Å². The standard InChI is InChI=1S/C17H24OS/c1-17(14-7-5-3-4-6-8-14)12-13-9-10-15(18-2)11-16(13)19-17/h9-11,14H,3-8,12H2,1-2H3. The quantitative estimate of drug-likeness (QED) is 0.697. The summed E-state index contributed by atoms with van der Waals surface area (Å²) in [5, 5.41) is 0. The van der Waals surface area contributed by atoms with E-state index in [4.69, 9.17) is 4.74 Å². The van der Waals surface area contributed by atoms with Gasteiger partial charge in [0.05, 0.1) is 7.11 Å². The first-order valence-electron chi connectivity index (χ1n) is 7.57. The molecule has 1 aliphatic carbocycles. The average Bonchev–Trinajstić information content (AvgIpc) is 2.61. The van der Waals surface area contributed by atoms with E-state index in [1.54, 1.807) is 7.11 Å². The molecule has 0 amide bonds. The van der Waals surface area contributed by atoms with Gasteiger partial charge >= 0.3 is 0 Å². The van der Waals surface area contributed by atoms with Gasteiger partial charge in [-0.25, -0.2) is 0 Å². The van der Waals surface area contributed by atoms with Gasteiger partial charge in [0.2, 0.25) is 0 Å². The largest absolute Gasteiger partial charge is 0.497 e. The van der Waals surface area contributed by atoms with Crippen LogP contribution in [-0.2, 0) is 6.42 Å². The highest BCUT2D eigenvalue weighted by molar-refractivity contribution is 8.01. The Labute approximate surface area is 121 Å². The van der Waals surface area contributed by atoms with E-state index in [0.717, 1.165) is 11.7 Å². The molecule has 0 spiro atoms. The van der Waals surface area contributed by atoms with Crippen LogP contribution in [0.3, 0.4) is 0 Å². The molecule has 0 bridgehead atoms. The summed E-state index contributed by atoms with van der Waals surface area (Å²) < 4.78 is 5.78. The number of methoxy groups -OCH3 is 1. The van der Waals surface area contributed by atoms with Crippen molar-refractivity contribution in [2.45, 2.75) is 61.5 Å². The van der Waals surface area contributed by atoms with E-state index in [-0.39, 0.29) is 0 Å². The number of fused-ring (bicyclic) bond motifs is 1. The summed E-state index contributed by atoms with van der Waals surface area (Å²) in [5.74, 6) is 1.88. The summed E-state index contributed by atoms with van der Waals surface area (Å²) >= 11 is 2.10. The third-order valence-corrected chi connectivity index (χ3v) is 6.42. The molecule has 1 nitrogen and oxygen atoms in total. The van der Waals surface area contributed by atoms with Crippen LogP contribution >= 0.6 is 11.8 Å². The van der Waals surface area contributed by atoms with Gasteiger partial charge in [0.15, 0.2) is 0 Å². The molecule has 1 unspecified atom stereocenters. The van der Waals surface area contributed by atoms with E-state index in [1.807, 2.05) is 0 Å². The summed E-state index contributed by atoms with van der Waals surface area (Å²) in [4.78, 5) is 1.45. The van der Waals surface area contributed by atoms with E-state index >= 15 is 0 Å². The van der Waals surface area contributed by atoms with Crippen molar-refractivity contribution in [3.05, 3.63) is 23.8 Å². The normalized spacial score (nSPS) is 27.9. The van der Waals surface area contributed by atoms with Gasteiger partial charge in [-0.1, -0.05) is 31.7 Å². The molecule has 3 rings (SSSR count). The average molecular weight is 276 g/mol. The summed E-state index contributed by atoms with van der Waals surface area (Å²) in [6, 6.07) is 6.60. The molecule has 2 aliphatic rings. The van der Waals surface area contributed by atoms with Gasteiger partial charge in [-0.05, 0) is 49.8 Å². The Bertz CT molecular complexity index is 449. The minimum Gasteiger partial charge on any atom is -0.497 e. The second-order valence-corrected chi connectivity index (χ2v) is 7.83. The number of ether oxygens (including phenoxy) is 1. The molecular weight excluding hydrogens is 252 g/mol. The predicted octanol–water partition coefficient (Wildman–Crippen LogP) is 5.07. The lowest BCUT2D eigenvalue weighted by molar-refractivity contribution is 0.358. The zero-order valence-electron chi connectivity index (χ0n) is 12.1. The highest BCUT2D eigenvalue weighted by Gasteiger charge is 2.40. The first-order valence-corrected chi connectivity index (χ1v) is 8.39. The molecule has 1 heterocycles. The van der Waals surface area contributed by atoms with Crippen LogP contribution in [0.15, 0.2) is 23.1 Å². The van der Waals surface area contributed by atoms with Crippen molar-refractivity contribution in [2.24, 2.45) is 5.92 Å². The van der Waals surface area contributed by atoms with Crippen molar-refractivity contribution < 1.29 is 4.74 Å². The van der Waals surface area contributed by atoms with Crippen molar-refractivity contribution >= 4 is 11.8 Å². The van der Waals surface area contributed by atoms with E-state index in [0.29, 0.717) is 4.75 Å². The highest BCUT2D eigenvalue weighted by atomic mass is 32.2. The summed E-state index contributed by atoms with van der Waals surface area (Å²) in [7, 11) is 1.76. The van der Waals surface area contributed by atoms with Gasteiger partial charge in [0, 0.05) is 9.64 Å². The molecule has 104 valence electrons. The molecule has 1 aromatic rings. The molecule has 0 N–H and O–H groups in total. The Morgan fingerprint density at radius 1 is 1.16 bits per heavy atom. The zero-order chi connectivity index (χ0) is 13.3. The fourth-order valence-corrected chi connectivity index (χ4v) is 5.26. The minimum absolute atomic E-state index is 0.416. The van der Waals surface area contributed by atoms with E-state index in [1.165, 1.54) is 55.4 Å². The smallest absolute Gasteiger partial charge is 0.119 e. The van der Waals surface area contributed by atoms with Crippen molar-refractivity contribution in [2.75, 3.05) is 7.11 Å². The Morgan fingerprint density at radius 2 is 1.89 bits per heavy atom. The maximum Gasteiger partial charge on any atom is 0.119 e. The maximum absolute atomic E-state index is 5.36. The second-order valence-electron chi connectivity index (χ2n) is 6.25. The van der Waals surface area contributed by atoms with Crippen LogP contribution in [0.1, 0.15) is 51.0 Å². The van der Waals surface area contributed by atoms with Gasteiger partial charge < -0.3 is 4.74 Å². The number of rotatable bonds is 2. The van der Waals surface area contributed by atoms with Crippen molar-refractivity contribution in [3.63, 3.8) is 0 Å². The number of hydrogen-bond donors (Lipinski definition) is 0. The molecule has 19 heavy (non-hydrogen) atoms. The molecule has 1 saturated carbocycles. The van der Waals surface area contributed by atoms with Crippen LogP contribution in [0.4, 0.5) is 0 Å². The van der Waals surface area contributed by atoms with Crippen LogP contribution in [0, 0.1) is 5.92 Å². The van der Waals surface area contributed by atoms with Gasteiger partial charge in [-0.2, -0.15) is 0 Å². The van der Waals surface area contributed by atoms with Crippen LogP contribution in [0.2, 0.25) is 0 Å². The number of benzene rings is 1. The SMILES string of the molecule is COc1ccc2c(c1)SC(C)(C1CCCCCC1)C2. The molecule has 0 aromatic heterocycles. The Hall–Kier alpha value is -0.630. The first-order chi connectivity index (χ1) is 9.21. The van der Waals surface area contributed by atoms with Crippen molar-refractivity contribution in [1.82, 2.24) is 0 Å². The van der Waals surface area contributed by atoms with Crippen LogP contribution in [0.5, 0.6) is 5.75 Å². The molecule has 0 saturated heterocycles. The van der Waals surface area contributed by atoms with Crippen LogP contribution in [-0.4, -0.2) is 11.9 Å². The van der Waals surface area contributed by atoms with Crippen molar-refractivity contribution in [3.8, 4) is 5.75 Å². The molecular formula is C17H24OS. The fourth-order valence-electron chi connectivity index (χ4n) is 3.69. The lowest BCUT2D eigenvalue weighted by atomic mass is 9.83. The first kappa shape index (κ1) is 13.4. The highest BCUT2D eigenvalue weighted by Crippen LogP contribution is 2.52. The van der Waals surface area contributed by atoms with Crippen LogP contribution < -0.4 is 4.74 Å². The van der Waals surface area contributed by atoms with E-state index in [9.17, 15) is 0 Å². The molecule has 1 atom stereocenters. The third kappa shape index (κ3) is 2.65. The molecule has 1 aliphatic heterocycles. The predicted molar refractivity (Wildman–Crippen MR) is 82.2 cm³/mol. The van der Waals surface area contributed by atoms with E-state index in [2.05, 4.69) is 36.9 Å². The fraction of sp³-hybridized carbons (Fsp3) is 0.647. The number of thioether (sulfide) groups is 1. The molecule has 0 radical (unpaired) electrons. The minimum atomic E-state index is 0.416. The lowest BCUT2D eigenvalue weighted by Crippen LogP contribution is -2.30. The Morgan fingerprint density at radius 3 is 2.58 bits per heavy atom.